The summed E-state index contributed by atoms with van der Waals surface area (Å²) in [5.41, 5.74) is -2.71. The summed E-state index contributed by atoms with van der Waals surface area (Å²) in [6.45, 7) is 1.91. The maximum Gasteiger partial charge on any atom is 0.424 e. The third-order valence-corrected chi connectivity index (χ3v) is 7.13. The molecule has 3 aromatic rings. The van der Waals surface area contributed by atoms with Crippen molar-refractivity contribution >= 4 is 11.6 Å². The van der Waals surface area contributed by atoms with E-state index in [1.807, 2.05) is 48.5 Å². The van der Waals surface area contributed by atoms with Crippen molar-refractivity contribution in [3.05, 3.63) is 95.1 Å². The Balaban J connectivity index is 1.55. The van der Waals surface area contributed by atoms with Crippen LogP contribution >= 0.6 is 0 Å². The van der Waals surface area contributed by atoms with E-state index >= 15 is 0 Å². The van der Waals surface area contributed by atoms with Gasteiger partial charge in [-0.15, -0.1) is 0 Å². The van der Waals surface area contributed by atoms with E-state index in [1.54, 1.807) is 19.1 Å². The van der Waals surface area contributed by atoms with Crippen LogP contribution in [0.5, 0.6) is 5.75 Å². The predicted octanol–water partition coefficient (Wildman–Crippen LogP) is 5.99. The molecule has 188 valence electrons. The van der Waals surface area contributed by atoms with Crippen molar-refractivity contribution in [2.45, 2.75) is 49.7 Å². The van der Waals surface area contributed by atoms with Crippen LogP contribution in [0.3, 0.4) is 0 Å². The lowest BCUT2D eigenvalue weighted by Crippen LogP contribution is -2.53. The third-order valence-electron chi connectivity index (χ3n) is 7.13. The lowest BCUT2D eigenvalue weighted by atomic mass is 9.70. The highest BCUT2D eigenvalue weighted by atomic mass is 19.4. The molecule has 0 aromatic heterocycles. The van der Waals surface area contributed by atoms with Crippen molar-refractivity contribution in [1.82, 2.24) is 0 Å². The van der Waals surface area contributed by atoms with Gasteiger partial charge in [0.1, 0.15) is 11.9 Å². The topological polar surface area (TPSA) is 49.8 Å². The standard InChI is InChI=1S/C28H25F4NO3/c1-17(18-8-4-2-5-9-18)26(34)33-16-21(36-20-10-6-3-7-11-20)13-12-19-14-23-22(15-24(19)33)25(29)27(23,35)28(30,31)32/h2-11,14-15,17,21,25,35H,12-13,16H2,1H3/t17-,21+,25?,27?/m0/s1. The van der Waals surface area contributed by atoms with E-state index in [1.165, 1.54) is 17.0 Å². The first-order chi connectivity index (χ1) is 17.1. The number of fused-ring (bicyclic) bond motifs is 2. The molecule has 0 saturated heterocycles. The fraction of sp³-hybridized carbons (Fsp3) is 0.321. The minimum Gasteiger partial charge on any atom is -0.489 e. The molecule has 1 aliphatic heterocycles. The number of amides is 1. The number of anilines is 1. The van der Waals surface area contributed by atoms with E-state index in [0.717, 1.165) is 5.56 Å². The van der Waals surface area contributed by atoms with Crippen molar-refractivity contribution in [2.75, 3.05) is 11.4 Å². The maximum absolute atomic E-state index is 14.7. The van der Waals surface area contributed by atoms with E-state index < -0.39 is 35.5 Å². The van der Waals surface area contributed by atoms with Gasteiger partial charge in [0.25, 0.3) is 0 Å². The molecule has 36 heavy (non-hydrogen) atoms. The number of para-hydroxylation sites is 1. The zero-order chi connectivity index (χ0) is 25.7. The van der Waals surface area contributed by atoms with Crippen LogP contribution in [0.1, 0.15) is 47.7 Å². The zero-order valence-corrected chi connectivity index (χ0v) is 19.5. The van der Waals surface area contributed by atoms with Gasteiger partial charge in [-0.2, -0.15) is 13.2 Å². The highest BCUT2D eigenvalue weighted by Gasteiger charge is 2.68. The first kappa shape index (κ1) is 24.3. The minimum absolute atomic E-state index is 0.150. The van der Waals surface area contributed by atoms with Crippen molar-refractivity contribution < 1.29 is 32.2 Å². The number of hydrogen-bond donors (Lipinski definition) is 1. The van der Waals surface area contributed by atoms with Crippen LogP contribution in [0.4, 0.5) is 23.2 Å². The summed E-state index contributed by atoms with van der Waals surface area (Å²) >= 11 is 0. The molecule has 4 atom stereocenters. The largest absolute Gasteiger partial charge is 0.489 e. The lowest BCUT2D eigenvalue weighted by Gasteiger charge is -2.44. The molecular formula is C28H25F4NO3. The molecule has 4 nitrogen and oxygen atoms in total. The number of carbonyl (C=O) groups excluding carboxylic acids is 1. The van der Waals surface area contributed by atoms with Crippen LogP contribution in [-0.4, -0.2) is 29.8 Å². The van der Waals surface area contributed by atoms with Gasteiger partial charge < -0.3 is 14.7 Å². The number of rotatable bonds is 4. The average Bonchev–Trinajstić information content (AvgIpc) is 3.06. The van der Waals surface area contributed by atoms with E-state index in [-0.39, 0.29) is 18.0 Å². The highest BCUT2D eigenvalue weighted by molar-refractivity contribution is 5.99. The summed E-state index contributed by atoms with van der Waals surface area (Å²) in [6, 6.07) is 20.7. The molecule has 0 radical (unpaired) electrons. The average molecular weight is 500 g/mol. The van der Waals surface area contributed by atoms with Gasteiger partial charge in [-0.25, -0.2) is 4.39 Å². The van der Waals surface area contributed by atoms with Crippen LogP contribution in [0.15, 0.2) is 72.8 Å². The maximum atomic E-state index is 14.7. The molecule has 1 aliphatic carbocycles. The number of halogens is 4. The first-order valence-corrected chi connectivity index (χ1v) is 11.8. The second-order valence-electron chi connectivity index (χ2n) is 9.37. The quantitative estimate of drug-likeness (QED) is 0.449. The zero-order valence-electron chi connectivity index (χ0n) is 19.5. The second-order valence-corrected chi connectivity index (χ2v) is 9.37. The summed E-state index contributed by atoms with van der Waals surface area (Å²) in [5.74, 6) is -0.210. The Kier molecular flexibility index (Phi) is 6.03. The highest BCUT2D eigenvalue weighted by Crippen LogP contribution is 2.60. The van der Waals surface area contributed by atoms with Gasteiger partial charge in [0, 0.05) is 11.3 Å². The number of aryl methyl sites for hydroxylation is 1. The Morgan fingerprint density at radius 1 is 1.08 bits per heavy atom. The molecule has 2 unspecified atom stereocenters. The van der Waals surface area contributed by atoms with Crippen molar-refractivity contribution in [1.29, 1.82) is 0 Å². The first-order valence-electron chi connectivity index (χ1n) is 11.8. The van der Waals surface area contributed by atoms with Gasteiger partial charge in [-0.3, -0.25) is 4.79 Å². The van der Waals surface area contributed by atoms with Gasteiger partial charge in [-0.05, 0) is 60.7 Å². The number of hydrogen-bond acceptors (Lipinski definition) is 3. The van der Waals surface area contributed by atoms with Crippen LogP contribution < -0.4 is 9.64 Å². The Labute approximate surface area is 206 Å². The smallest absolute Gasteiger partial charge is 0.424 e. The molecule has 0 fully saturated rings. The Bertz CT molecular complexity index is 1270. The molecule has 1 amide bonds. The summed E-state index contributed by atoms with van der Waals surface area (Å²) in [4.78, 5) is 15.2. The Morgan fingerprint density at radius 2 is 1.72 bits per heavy atom. The van der Waals surface area contributed by atoms with E-state index in [9.17, 15) is 27.5 Å². The van der Waals surface area contributed by atoms with Gasteiger partial charge in [-0.1, -0.05) is 48.5 Å². The molecule has 3 aromatic carbocycles. The Morgan fingerprint density at radius 3 is 2.36 bits per heavy atom. The number of nitrogens with zero attached hydrogens (tertiary/aromatic N) is 1. The number of benzene rings is 3. The molecule has 1 heterocycles. The van der Waals surface area contributed by atoms with Crippen LogP contribution in [0, 0.1) is 0 Å². The van der Waals surface area contributed by atoms with Crippen LogP contribution in [0.25, 0.3) is 0 Å². The third kappa shape index (κ3) is 3.93. The molecule has 5 rings (SSSR count). The summed E-state index contributed by atoms with van der Waals surface area (Å²) in [5, 5.41) is 10.2. The van der Waals surface area contributed by atoms with Gasteiger partial charge in [0.2, 0.25) is 11.5 Å². The number of alkyl halides is 4. The fourth-order valence-corrected chi connectivity index (χ4v) is 5.04. The number of ether oxygens (including phenoxy) is 1. The minimum atomic E-state index is -5.16. The number of aliphatic hydroxyl groups is 1. The second kappa shape index (κ2) is 8.92. The van der Waals surface area contributed by atoms with Crippen molar-refractivity contribution in [3.8, 4) is 5.75 Å². The molecule has 0 spiro atoms. The SMILES string of the molecule is C[C@H](C(=O)N1C[C@H](Oc2ccccc2)CCc2cc3c(cc21)C(F)C3(O)C(F)(F)F)c1ccccc1. The molecule has 0 saturated carbocycles. The molecule has 2 aliphatic rings. The molecule has 0 bridgehead atoms. The molecule has 1 N–H and O–H groups in total. The summed E-state index contributed by atoms with van der Waals surface area (Å²) in [7, 11) is 0. The number of carbonyl (C=O) groups is 1. The monoisotopic (exact) mass is 499 g/mol. The normalized spacial score (nSPS) is 24.1. The molecular weight excluding hydrogens is 474 g/mol. The Hall–Kier alpha value is -3.39. The van der Waals surface area contributed by atoms with Crippen molar-refractivity contribution in [2.24, 2.45) is 0 Å². The summed E-state index contributed by atoms with van der Waals surface area (Å²) in [6.07, 6.45) is -7.50. The lowest BCUT2D eigenvalue weighted by molar-refractivity contribution is -0.302. The summed E-state index contributed by atoms with van der Waals surface area (Å²) < 4.78 is 61.5. The van der Waals surface area contributed by atoms with Gasteiger partial charge in [0.05, 0.1) is 12.5 Å². The van der Waals surface area contributed by atoms with Gasteiger partial charge in [0.15, 0.2) is 6.17 Å². The predicted molar refractivity (Wildman–Crippen MR) is 127 cm³/mol. The van der Waals surface area contributed by atoms with E-state index in [0.29, 0.717) is 29.8 Å². The van der Waals surface area contributed by atoms with Crippen LogP contribution in [-0.2, 0) is 16.8 Å². The van der Waals surface area contributed by atoms with Gasteiger partial charge >= 0.3 is 6.18 Å². The molecule has 8 heteroatoms. The van der Waals surface area contributed by atoms with E-state index in [2.05, 4.69) is 0 Å². The fourth-order valence-electron chi connectivity index (χ4n) is 5.04. The van der Waals surface area contributed by atoms with E-state index in [4.69, 9.17) is 4.74 Å². The van der Waals surface area contributed by atoms with Crippen LogP contribution in [0.2, 0.25) is 0 Å². The van der Waals surface area contributed by atoms with Crippen molar-refractivity contribution in [3.63, 3.8) is 0 Å².